The van der Waals surface area contributed by atoms with E-state index in [1.54, 1.807) is 36.4 Å². The SMILES string of the molecule is O=C(Nc1ccccc1C(=O)NCCC[NH+]1CCOCC1)c1ccco1. The molecule has 3 rings (SSSR count). The van der Waals surface area contributed by atoms with Crippen LogP contribution in [0, 0.1) is 0 Å². The predicted molar refractivity (Wildman–Crippen MR) is 96.4 cm³/mol. The molecular weight excluding hydrogens is 334 g/mol. The molecule has 0 bridgehead atoms. The molecule has 0 radical (unpaired) electrons. The first-order valence-corrected chi connectivity index (χ1v) is 8.87. The minimum Gasteiger partial charge on any atom is -0.459 e. The second kappa shape index (κ2) is 9.17. The summed E-state index contributed by atoms with van der Waals surface area (Å²) < 4.78 is 10.4. The van der Waals surface area contributed by atoms with Crippen molar-refractivity contribution >= 4 is 17.5 Å². The summed E-state index contributed by atoms with van der Waals surface area (Å²) in [5, 5.41) is 5.65. The van der Waals surface area contributed by atoms with Gasteiger partial charge in [0, 0.05) is 13.0 Å². The zero-order chi connectivity index (χ0) is 18.2. The molecule has 0 atom stereocenters. The fourth-order valence-electron chi connectivity index (χ4n) is 2.93. The van der Waals surface area contributed by atoms with E-state index in [-0.39, 0.29) is 17.6 Å². The lowest BCUT2D eigenvalue weighted by atomic mass is 10.1. The third-order valence-electron chi connectivity index (χ3n) is 4.36. The molecule has 7 heteroatoms. The van der Waals surface area contributed by atoms with Gasteiger partial charge in [0.15, 0.2) is 5.76 Å². The zero-order valence-corrected chi connectivity index (χ0v) is 14.6. The number of amides is 2. The fraction of sp³-hybridized carbons (Fsp3) is 0.368. The van der Waals surface area contributed by atoms with E-state index in [1.807, 2.05) is 0 Å². The van der Waals surface area contributed by atoms with Crippen molar-refractivity contribution in [3.63, 3.8) is 0 Å². The van der Waals surface area contributed by atoms with Crippen LogP contribution in [-0.2, 0) is 4.74 Å². The second-order valence-electron chi connectivity index (χ2n) is 6.20. The summed E-state index contributed by atoms with van der Waals surface area (Å²) in [6.45, 7) is 5.28. The highest BCUT2D eigenvalue weighted by Crippen LogP contribution is 2.16. The minimum absolute atomic E-state index is 0.197. The van der Waals surface area contributed by atoms with Crippen molar-refractivity contribution in [2.24, 2.45) is 0 Å². The van der Waals surface area contributed by atoms with Crippen LogP contribution in [0.3, 0.4) is 0 Å². The highest BCUT2D eigenvalue weighted by molar-refractivity contribution is 6.07. The van der Waals surface area contributed by atoms with E-state index in [1.165, 1.54) is 11.2 Å². The Hall–Kier alpha value is -2.64. The van der Waals surface area contributed by atoms with Gasteiger partial charge in [-0.1, -0.05) is 12.1 Å². The summed E-state index contributed by atoms with van der Waals surface area (Å²) in [6.07, 6.45) is 2.34. The van der Waals surface area contributed by atoms with Gasteiger partial charge in [0.05, 0.1) is 37.3 Å². The third-order valence-corrected chi connectivity index (χ3v) is 4.36. The summed E-state index contributed by atoms with van der Waals surface area (Å²) in [5.74, 6) is -0.378. The van der Waals surface area contributed by atoms with Crippen molar-refractivity contribution in [3.05, 3.63) is 54.0 Å². The number of benzene rings is 1. The number of furan rings is 1. The van der Waals surface area contributed by atoms with Crippen LogP contribution in [0.1, 0.15) is 27.3 Å². The van der Waals surface area contributed by atoms with Gasteiger partial charge in [-0.05, 0) is 24.3 Å². The topological polar surface area (TPSA) is 85.0 Å². The number of nitrogens with one attached hydrogen (secondary N) is 3. The first-order chi connectivity index (χ1) is 12.7. The van der Waals surface area contributed by atoms with E-state index < -0.39 is 0 Å². The average Bonchev–Trinajstić information content (AvgIpc) is 3.21. The van der Waals surface area contributed by atoms with Crippen molar-refractivity contribution in [1.82, 2.24) is 5.32 Å². The lowest BCUT2D eigenvalue weighted by Gasteiger charge is -2.23. The molecule has 1 aromatic carbocycles. The quantitative estimate of drug-likeness (QED) is 0.632. The Balaban J connectivity index is 1.51. The van der Waals surface area contributed by atoms with Gasteiger partial charge in [0.1, 0.15) is 13.1 Å². The normalized spacial score (nSPS) is 14.8. The van der Waals surface area contributed by atoms with Crippen LogP contribution in [0.5, 0.6) is 0 Å². The van der Waals surface area contributed by atoms with Gasteiger partial charge in [0.25, 0.3) is 11.8 Å². The Morgan fingerprint density at radius 3 is 2.62 bits per heavy atom. The number of morpholine rings is 1. The van der Waals surface area contributed by atoms with E-state index in [4.69, 9.17) is 9.15 Å². The van der Waals surface area contributed by atoms with Crippen molar-refractivity contribution in [1.29, 1.82) is 0 Å². The van der Waals surface area contributed by atoms with Crippen molar-refractivity contribution in [3.8, 4) is 0 Å². The number of para-hydroxylation sites is 1. The Morgan fingerprint density at radius 1 is 1.04 bits per heavy atom. The summed E-state index contributed by atoms with van der Waals surface area (Å²) in [6, 6.07) is 10.2. The largest absolute Gasteiger partial charge is 0.459 e. The van der Waals surface area contributed by atoms with Gasteiger partial charge in [-0.2, -0.15) is 0 Å². The Bertz CT molecular complexity index is 724. The number of carbonyl (C=O) groups is 2. The van der Waals surface area contributed by atoms with Gasteiger partial charge in [-0.15, -0.1) is 0 Å². The van der Waals surface area contributed by atoms with E-state index in [2.05, 4.69) is 10.6 Å². The number of anilines is 1. The molecule has 7 nitrogen and oxygen atoms in total. The minimum atomic E-state index is -0.383. The highest BCUT2D eigenvalue weighted by atomic mass is 16.5. The maximum atomic E-state index is 12.5. The van der Waals surface area contributed by atoms with E-state index in [9.17, 15) is 9.59 Å². The third kappa shape index (κ3) is 4.93. The zero-order valence-electron chi connectivity index (χ0n) is 14.6. The molecular formula is C19H24N3O4+. The van der Waals surface area contributed by atoms with Gasteiger partial charge < -0.3 is 24.7 Å². The molecule has 1 aliphatic heterocycles. The highest BCUT2D eigenvalue weighted by Gasteiger charge is 2.16. The molecule has 1 fully saturated rings. The first-order valence-electron chi connectivity index (χ1n) is 8.87. The molecule has 2 heterocycles. The summed E-state index contributed by atoms with van der Waals surface area (Å²) in [5.41, 5.74) is 0.899. The molecule has 1 saturated heterocycles. The molecule has 2 aromatic rings. The van der Waals surface area contributed by atoms with Crippen molar-refractivity contribution in [2.45, 2.75) is 6.42 Å². The van der Waals surface area contributed by atoms with E-state index >= 15 is 0 Å². The molecule has 138 valence electrons. The van der Waals surface area contributed by atoms with Crippen LogP contribution in [-0.4, -0.2) is 51.2 Å². The summed E-state index contributed by atoms with van der Waals surface area (Å²) in [4.78, 5) is 26.1. The molecule has 26 heavy (non-hydrogen) atoms. The Kier molecular flexibility index (Phi) is 6.40. The van der Waals surface area contributed by atoms with E-state index in [0.29, 0.717) is 17.8 Å². The molecule has 1 aromatic heterocycles. The number of hydrogen-bond donors (Lipinski definition) is 3. The van der Waals surface area contributed by atoms with Gasteiger partial charge >= 0.3 is 0 Å². The summed E-state index contributed by atoms with van der Waals surface area (Å²) >= 11 is 0. The standard InChI is InChI=1S/C19H23N3O4/c23-18(20-8-4-9-22-10-13-25-14-11-22)15-5-1-2-6-16(15)21-19(24)17-7-3-12-26-17/h1-3,5-7,12H,4,8-11,13-14H2,(H,20,23)(H,21,24)/p+1. The molecule has 0 saturated carbocycles. The lowest BCUT2D eigenvalue weighted by molar-refractivity contribution is -0.908. The predicted octanol–water partition coefficient (Wildman–Crippen LogP) is 0.567. The molecule has 1 aliphatic rings. The second-order valence-corrected chi connectivity index (χ2v) is 6.20. The molecule has 0 spiro atoms. The number of quaternary nitrogens is 1. The van der Waals surface area contributed by atoms with Gasteiger partial charge in [-0.25, -0.2) is 0 Å². The van der Waals surface area contributed by atoms with Crippen molar-refractivity contribution < 1.29 is 23.6 Å². The molecule has 3 N–H and O–H groups in total. The maximum absolute atomic E-state index is 12.5. The van der Waals surface area contributed by atoms with E-state index in [0.717, 1.165) is 39.3 Å². The average molecular weight is 358 g/mol. The van der Waals surface area contributed by atoms with Crippen molar-refractivity contribution in [2.75, 3.05) is 44.7 Å². The first kappa shape index (κ1) is 18.2. The smallest absolute Gasteiger partial charge is 0.291 e. The number of hydrogen-bond acceptors (Lipinski definition) is 4. The fourth-order valence-corrected chi connectivity index (χ4v) is 2.93. The summed E-state index contributed by atoms with van der Waals surface area (Å²) in [7, 11) is 0. The van der Waals surface area contributed by atoms with Gasteiger partial charge in [-0.3, -0.25) is 9.59 Å². The van der Waals surface area contributed by atoms with Crippen LogP contribution < -0.4 is 15.5 Å². The molecule has 2 amide bonds. The Labute approximate surface area is 152 Å². The molecule has 0 unspecified atom stereocenters. The van der Waals surface area contributed by atoms with Gasteiger partial charge in [0.2, 0.25) is 0 Å². The van der Waals surface area contributed by atoms with Crippen LogP contribution >= 0.6 is 0 Å². The maximum Gasteiger partial charge on any atom is 0.291 e. The van der Waals surface area contributed by atoms with Crippen LogP contribution in [0.25, 0.3) is 0 Å². The number of ether oxygens (including phenoxy) is 1. The number of rotatable bonds is 7. The number of carbonyl (C=O) groups excluding carboxylic acids is 2. The van der Waals surface area contributed by atoms with Crippen LogP contribution in [0.15, 0.2) is 47.1 Å². The monoisotopic (exact) mass is 358 g/mol. The Morgan fingerprint density at radius 2 is 1.85 bits per heavy atom. The lowest BCUT2D eigenvalue weighted by Crippen LogP contribution is -3.14. The van der Waals surface area contributed by atoms with Crippen LogP contribution in [0.2, 0.25) is 0 Å². The van der Waals surface area contributed by atoms with Crippen LogP contribution in [0.4, 0.5) is 5.69 Å². The molecule has 0 aliphatic carbocycles.